The van der Waals surface area contributed by atoms with Crippen LogP contribution in [0, 0.1) is 0 Å². The minimum absolute atomic E-state index is 0.0240. The minimum atomic E-state index is 0.0240. The molecule has 1 aromatic rings. The van der Waals surface area contributed by atoms with Crippen molar-refractivity contribution in [2.24, 2.45) is 5.73 Å². The summed E-state index contributed by atoms with van der Waals surface area (Å²) in [5, 5.41) is 0. The molecule has 1 aliphatic heterocycles. The van der Waals surface area contributed by atoms with Crippen LogP contribution in [0.3, 0.4) is 0 Å². The van der Waals surface area contributed by atoms with Gasteiger partial charge in [0.1, 0.15) is 0 Å². The summed E-state index contributed by atoms with van der Waals surface area (Å²) < 4.78 is 0. The average molecular weight is 336 g/mol. The summed E-state index contributed by atoms with van der Waals surface area (Å²) in [7, 11) is 0. The van der Waals surface area contributed by atoms with Crippen LogP contribution < -0.4 is 5.73 Å². The molecule has 2 N–H and O–H groups in total. The van der Waals surface area contributed by atoms with E-state index in [0.717, 1.165) is 19.5 Å². The van der Waals surface area contributed by atoms with Gasteiger partial charge in [-0.15, -0.1) is 0 Å². The molecule has 2 unspecified atom stereocenters. The number of unbranched alkanes of at least 4 members (excludes halogenated alkanes) is 1. The van der Waals surface area contributed by atoms with Gasteiger partial charge in [0.2, 0.25) is 5.91 Å². The van der Waals surface area contributed by atoms with Crippen LogP contribution in [-0.4, -0.2) is 53.2 Å². The number of benzene rings is 1. The number of rotatable bonds is 8. The molecule has 1 aromatic carbocycles. The zero-order chi connectivity index (χ0) is 16.7. The number of piperazine rings is 1. The highest BCUT2D eigenvalue weighted by Crippen LogP contribution is 2.19. The molecule has 1 fully saturated rings. The molecule has 4 nitrogen and oxygen atoms in total. The Kier molecular flexibility index (Phi) is 7.40. The van der Waals surface area contributed by atoms with Gasteiger partial charge < -0.3 is 10.6 Å². The highest BCUT2D eigenvalue weighted by atomic mass is 32.1. The fraction of sp³-hybridized carbons (Fsp3) is 0.611. The van der Waals surface area contributed by atoms with Gasteiger partial charge in [-0.2, -0.15) is 12.6 Å². The lowest BCUT2D eigenvalue weighted by atomic mass is 10.0. The Balaban J connectivity index is 2.02. The second-order valence-corrected chi connectivity index (χ2v) is 6.79. The van der Waals surface area contributed by atoms with Crippen LogP contribution in [0.2, 0.25) is 0 Å². The van der Waals surface area contributed by atoms with Gasteiger partial charge in [0, 0.05) is 37.5 Å². The monoisotopic (exact) mass is 335 g/mol. The van der Waals surface area contributed by atoms with Crippen molar-refractivity contribution in [1.82, 2.24) is 9.80 Å². The zero-order valence-corrected chi connectivity index (χ0v) is 14.9. The molecule has 1 amide bonds. The van der Waals surface area contributed by atoms with Crippen LogP contribution in [0.1, 0.15) is 31.7 Å². The molecular weight excluding hydrogens is 306 g/mol. The number of carbonyl (C=O) groups is 1. The summed E-state index contributed by atoms with van der Waals surface area (Å²) >= 11 is 4.27. The molecular formula is C18H29N3OS. The fourth-order valence-electron chi connectivity index (χ4n) is 3.12. The summed E-state index contributed by atoms with van der Waals surface area (Å²) in [5.74, 6) is 0.854. The Morgan fingerprint density at radius 1 is 1.35 bits per heavy atom. The molecule has 2 atom stereocenters. The molecule has 23 heavy (non-hydrogen) atoms. The van der Waals surface area contributed by atoms with E-state index >= 15 is 0 Å². The maximum absolute atomic E-state index is 12.5. The zero-order valence-electron chi connectivity index (χ0n) is 14.0. The van der Waals surface area contributed by atoms with E-state index < -0.39 is 0 Å². The standard InChI is InChI=1S/C18H29N3OS/c1-2-3-9-17-12-21(10-15-7-5-4-6-8-15)18(22)13-20(17)11-16(19)14-23/h4-8,16-17,23H,2-3,9-14,19H2,1H3. The smallest absolute Gasteiger partial charge is 0.237 e. The summed E-state index contributed by atoms with van der Waals surface area (Å²) in [5.41, 5.74) is 7.25. The topological polar surface area (TPSA) is 49.6 Å². The second kappa shape index (κ2) is 9.30. The van der Waals surface area contributed by atoms with E-state index in [2.05, 4.69) is 36.6 Å². The van der Waals surface area contributed by atoms with Gasteiger partial charge in [-0.05, 0) is 12.0 Å². The van der Waals surface area contributed by atoms with E-state index in [9.17, 15) is 4.79 Å². The van der Waals surface area contributed by atoms with Crippen molar-refractivity contribution in [1.29, 1.82) is 0 Å². The molecule has 1 heterocycles. The van der Waals surface area contributed by atoms with Crippen LogP contribution >= 0.6 is 12.6 Å². The summed E-state index contributed by atoms with van der Waals surface area (Å²) in [6.45, 7) is 4.94. The largest absolute Gasteiger partial charge is 0.336 e. The van der Waals surface area contributed by atoms with E-state index in [1.807, 2.05) is 23.1 Å². The van der Waals surface area contributed by atoms with Crippen molar-refractivity contribution in [2.75, 3.05) is 25.4 Å². The molecule has 5 heteroatoms. The number of hydrogen-bond donors (Lipinski definition) is 2. The molecule has 128 valence electrons. The summed E-state index contributed by atoms with van der Waals surface area (Å²) in [4.78, 5) is 16.8. The molecule has 0 spiro atoms. The average Bonchev–Trinajstić information content (AvgIpc) is 2.57. The van der Waals surface area contributed by atoms with E-state index in [1.54, 1.807) is 0 Å². The first-order valence-electron chi connectivity index (χ1n) is 8.56. The summed E-state index contributed by atoms with van der Waals surface area (Å²) in [6.07, 6.45) is 3.48. The SMILES string of the molecule is CCCCC1CN(Cc2ccccc2)C(=O)CN1CC(N)CS. The predicted molar refractivity (Wildman–Crippen MR) is 98.6 cm³/mol. The number of nitrogens with two attached hydrogens (primary N) is 1. The Hall–Kier alpha value is -1.04. The lowest BCUT2D eigenvalue weighted by Crippen LogP contribution is -2.58. The molecule has 0 radical (unpaired) electrons. The van der Waals surface area contributed by atoms with Crippen molar-refractivity contribution < 1.29 is 4.79 Å². The van der Waals surface area contributed by atoms with Gasteiger partial charge in [0.05, 0.1) is 6.54 Å². The Morgan fingerprint density at radius 2 is 2.09 bits per heavy atom. The first kappa shape index (κ1) is 18.3. The van der Waals surface area contributed by atoms with Crippen molar-refractivity contribution >= 4 is 18.5 Å². The third-order valence-corrected chi connectivity index (χ3v) is 4.92. The van der Waals surface area contributed by atoms with Crippen LogP contribution in [0.5, 0.6) is 0 Å². The number of carbonyl (C=O) groups excluding carboxylic acids is 1. The van der Waals surface area contributed by atoms with Gasteiger partial charge in [-0.3, -0.25) is 9.69 Å². The highest BCUT2D eigenvalue weighted by Gasteiger charge is 2.32. The molecule has 0 bridgehead atoms. The number of amides is 1. The molecule has 0 aliphatic carbocycles. The van der Waals surface area contributed by atoms with E-state index in [4.69, 9.17) is 5.73 Å². The highest BCUT2D eigenvalue weighted by molar-refractivity contribution is 7.80. The minimum Gasteiger partial charge on any atom is -0.336 e. The number of nitrogens with zero attached hydrogens (tertiary/aromatic N) is 2. The molecule has 1 aliphatic rings. The van der Waals surface area contributed by atoms with Gasteiger partial charge >= 0.3 is 0 Å². The Morgan fingerprint density at radius 3 is 2.74 bits per heavy atom. The van der Waals surface area contributed by atoms with E-state index in [1.165, 1.54) is 18.4 Å². The second-order valence-electron chi connectivity index (χ2n) is 6.43. The molecule has 2 rings (SSSR count). The lowest BCUT2D eigenvalue weighted by Gasteiger charge is -2.42. The first-order chi connectivity index (χ1) is 11.1. The number of thiol groups is 1. The Bertz CT molecular complexity index is 482. The maximum Gasteiger partial charge on any atom is 0.237 e. The van der Waals surface area contributed by atoms with Crippen LogP contribution in [0.4, 0.5) is 0 Å². The van der Waals surface area contributed by atoms with Gasteiger partial charge in [0.15, 0.2) is 0 Å². The Labute approximate surface area is 145 Å². The van der Waals surface area contributed by atoms with E-state index in [0.29, 0.717) is 24.9 Å². The van der Waals surface area contributed by atoms with Crippen molar-refractivity contribution in [3.05, 3.63) is 35.9 Å². The van der Waals surface area contributed by atoms with Crippen molar-refractivity contribution in [3.8, 4) is 0 Å². The van der Waals surface area contributed by atoms with Gasteiger partial charge in [-0.1, -0.05) is 50.1 Å². The third kappa shape index (κ3) is 5.52. The third-order valence-electron chi connectivity index (χ3n) is 4.45. The maximum atomic E-state index is 12.5. The van der Waals surface area contributed by atoms with Gasteiger partial charge in [-0.25, -0.2) is 0 Å². The number of hydrogen-bond acceptors (Lipinski definition) is 4. The van der Waals surface area contributed by atoms with Crippen molar-refractivity contribution in [3.63, 3.8) is 0 Å². The molecule has 1 saturated heterocycles. The van der Waals surface area contributed by atoms with E-state index in [-0.39, 0.29) is 11.9 Å². The first-order valence-corrected chi connectivity index (χ1v) is 9.19. The quantitative estimate of drug-likeness (QED) is 0.716. The van der Waals surface area contributed by atoms with Crippen LogP contribution in [0.25, 0.3) is 0 Å². The molecule has 0 aromatic heterocycles. The normalized spacial score (nSPS) is 20.7. The lowest BCUT2D eigenvalue weighted by molar-refractivity contribution is -0.139. The van der Waals surface area contributed by atoms with Crippen molar-refractivity contribution in [2.45, 2.75) is 44.8 Å². The van der Waals surface area contributed by atoms with Gasteiger partial charge in [0.25, 0.3) is 0 Å². The van der Waals surface area contributed by atoms with Crippen LogP contribution in [-0.2, 0) is 11.3 Å². The molecule has 0 saturated carbocycles. The summed E-state index contributed by atoms with van der Waals surface area (Å²) in [6, 6.07) is 10.6. The predicted octanol–water partition coefficient (Wildman–Crippen LogP) is 2.15. The fourth-order valence-corrected chi connectivity index (χ4v) is 3.23. The van der Waals surface area contributed by atoms with Crippen LogP contribution in [0.15, 0.2) is 30.3 Å².